The second-order valence-corrected chi connectivity index (χ2v) is 4.25. The van der Waals surface area contributed by atoms with Gasteiger partial charge in [-0.05, 0) is 19.1 Å². The van der Waals surface area contributed by atoms with E-state index in [1.165, 1.54) is 13.0 Å². The molecule has 1 aromatic carbocycles. The fraction of sp³-hybridized carbons (Fsp3) is 0.417. The minimum absolute atomic E-state index is 0.00426. The van der Waals surface area contributed by atoms with Crippen LogP contribution < -0.4 is 10.2 Å². The molecule has 18 heavy (non-hydrogen) atoms. The Kier molecular flexibility index (Phi) is 3.57. The number of nitro groups is 1. The molecular formula is C12H15N3O3. The largest absolute Gasteiger partial charge is 0.363 e. The molecule has 0 aliphatic carbocycles. The monoisotopic (exact) mass is 249 g/mol. The van der Waals surface area contributed by atoms with Crippen LogP contribution in [0.25, 0.3) is 0 Å². The molecule has 6 nitrogen and oxygen atoms in total. The van der Waals surface area contributed by atoms with E-state index in [1.807, 2.05) is 4.90 Å². The lowest BCUT2D eigenvalue weighted by molar-refractivity contribution is -0.384. The number of rotatable bonds is 3. The molecule has 0 bridgehead atoms. The standard InChI is InChI=1S/C12H15N3O3/c1-9(16)10-2-3-11(12(8-10)15(17)18)14-6-4-13-5-7-14/h2-3,8,13H,4-7H2,1H3. The van der Waals surface area contributed by atoms with Gasteiger partial charge in [0.05, 0.1) is 4.92 Å². The molecule has 2 rings (SSSR count). The Bertz CT molecular complexity index is 481. The van der Waals surface area contributed by atoms with Crippen molar-refractivity contribution in [2.45, 2.75) is 6.92 Å². The lowest BCUT2D eigenvalue weighted by atomic mass is 10.1. The Morgan fingerprint density at radius 3 is 2.61 bits per heavy atom. The van der Waals surface area contributed by atoms with E-state index in [4.69, 9.17) is 0 Å². The van der Waals surface area contributed by atoms with Crippen LogP contribution in [0.5, 0.6) is 0 Å². The van der Waals surface area contributed by atoms with Crippen molar-refractivity contribution in [3.63, 3.8) is 0 Å². The molecule has 1 aliphatic rings. The zero-order chi connectivity index (χ0) is 13.1. The van der Waals surface area contributed by atoms with Gasteiger partial charge in [0.1, 0.15) is 5.69 Å². The smallest absolute Gasteiger partial charge is 0.293 e. The molecule has 0 saturated carbocycles. The normalized spacial score (nSPS) is 15.5. The van der Waals surface area contributed by atoms with Gasteiger partial charge in [-0.25, -0.2) is 0 Å². The van der Waals surface area contributed by atoms with Crippen LogP contribution in [0.4, 0.5) is 11.4 Å². The number of ketones is 1. The van der Waals surface area contributed by atoms with Gasteiger partial charge >= 0.3 is 0 Å². The molecule has 0 radical (unpaired) electrons. The number of nitrogens with zero attached hydrogens (tertiary/aromatic N) is 2. The average molecular weight is 249 g/mol. The number of carbonyl (C=O) groups is 1. The van der Waals surface area contributed by atoms with Crippen LogP contribution in [-0.2, 0) is 0 Å². The topological polar surface area (TPSA) is 75.5 Å². The molecule has 1 aliphatic heterocycles. The molecule has 0 amide bonds. The molecule has 6 heteroatoms. The van der Waals surface area contributed by atoms with Gasteiger partial charge in [0.15, 0.2) is 5.78 Å². The molecule has 0 spiro atoms. The summed E-state index contributed by atoms with van der Waals surface area (Å²) < 4.78 is 0. The summed E-state index contributed by atoms with van der Waals surface area (Å²) in [5, 5.41) is 14.3. The number of nitrogens with one attached hydrogen (secondary N) is 1. The number of anilines is 1. The first kappa shape index (κ1) is 12.5. The third-order valence-corrected chi connectivity index (χ3v) is 3.04. The van der Waals surface area contributed by atoms with E-state index in [9.17, 15) is 14.9 Å². The number of hydrogen-bond acceptors (Lipinski definition) is 5. The maximum Gasteiger partial charge on any atom is 0.293 e. The van der Waals surface area contributed by atoms with E-state index in [1.54, 1.807) is 12.1 Å². The Hall–Kier alpha value is -1.95. The first-order valence-electron chi connectivity index (χ1n) is 5.84. The highest BCUT2D eigenvalue weighted by Crippen LogP contribution is 2.29. The minimum Gasteiger partial charge on any atom is -0.363 e. The molecular weight excluding hydrogens is 234 g/mol. The van der Waals surface area contributed by atoms with Crippen LogP contribution in [0.15, 0.2) is 18.2 Å². The van der Waals surface area contributed by atoms with Crippen molar-refractivity contribution in [1.29, 1.82) is 0 Å². The van der Waals surface area contributed by atoms with Gasteiger partial charge in [-0.2, -0.15) is 0 Å². The van der Waals surface area contributed by atoms with Crippen LogP contribution >= 0.6 is 0 Å². The maximum atomic E-state index is 11.3. The van der Waals surface area contributed by atoms with Crippen molar-refractivity contribution >= 4 is 17.2 Å². The van der Waals surface area contributed by atoms with Crippen LogP contribution in [0.1, 0.15) is 17.3 Å². The molecule has 0 aromatic heterocycles. The van der Waals surface area contributed by atoms with Gasteiger partial charge in [-0.15, -0.1) is 0 Å². The Labute approximate surface area is 105 Å². The van der Waals surface area contributed by atoms with Gasteiger partial charge in [0, 0.05) is 37.8 Å². The Balaban J connectivity index is 2.39. The highest BCUT2D eigenvalue weighted by Gasteiger charge is 2.22. The van der Waals surface area contributed by atoms with Gasteiger partial charge in [-0.3, -0.25) is 14.9 Å². The number of carbonyl (C=O) groups excluding carboxylic acids is 1. The van der Waals surface area contributed by atoms with Crippen LogP contribution in [0.3, 0.4) is 0 Å². The Morgan fingerprint density at radius 2 is 2.06 bits per heavy atom. The van der Waals surface area contributed by atoms with Crippen LogP contribution in [0.2, 0.25) is 0 Å². The van der Waals surface area contributed by atoms with E-state index in [0.29, 0.717) is 11.3 Å². The molecule has 0 unspecified atom stereocenters. The van der Waals surface area contributed by atoms with Crippen molar-refractivity contribution in [2.24, 2.45) is 0 Å². The zero-order valence-corrected chi connectivity index (χ0v) is 10.2. The summed E-state index contributed by atoms with van der Waals surface area (Å²) in [4.78, 5) is 23.9. The van der Waals surface area contributed by atoms with Crippen molar-refractivity contribution < 1.29 is 9.72 Å². The van der Waals surface area contributed by atoms with E-state index in [2.05, 4.69) is 5.32 Å². The van der Waals surface area contributed by atoms with E-state index in [-0.39, 0.29) is 11.5 Å². The zero-order valence-electron chi connectivity index (χ0n) is 10.2. The van der Waals surface area contributed by atoms with Gasteiger partial charge in [0.25, 0.3) is 5.69 Å². The van der Waals surface area contributed by atoms with Crippen molar-refractivity contribution in [2.75, 3.05) is 31.1 Å². The van der Waals surface area contributed by atoms with E-state index >= 15 is 0 Å². The highest BCUT2D eigenvalue weighted by molar-refractivity contribution is 5.95. The molecule has 1 saturated heterocycles. The molecule has 1 N–H and O–H groups in total. The molecule has 1 fully saturated rings. The molecule has 96 valence electrons. The summed E-state index contributed by atoms with van der Waals surface area (Å²) in [5.74, 6) is -0.162. The summed E-state index contributed by atoms with van der Waals surface area (Å²) in [6, 6.07) is 4.67. The lowest BCUT2D eigenvalue weighted by Crippen LogP contribution is -2.43. The summed E-state index contributed by atoms with van der Waals surface area (Å²) in [6.07, 6.45) is 0. The first-order valence-corrected chi connectivity index (χ1v) is 5.84. The van der Waals surface area contributed by atoms with E-state index in [0.717, 1.165) is 26.2 Å². The quantitative estimate of drug-likeness (QED) is 0.495. The predicted molar refractivity (Wildman–Crippen MR) is 68.2 cm³/mol. The lowest BCUT2D eigenvalue weighted by Gasteiger charge is -2.29. The van der Waals surface area contributed by atoms with Crippen molar-refractivity contribution in [3.05, 3.63) is 33.9 Å². The van der Waals surface area contributed by atoms with Gasteiger partial charge in [-0.1, -0.05) is 0 Å². The molecule has 1 aromatic rings. The minimum atomic E-state index is -0.427. The Morgan fingerprint density at radius 1 is 1.39 bits per heavy atom. The SMILES string of the molecule is CC(=O)c1ccc(N2CCNCC2)c([N+](=O)[O-])c1. The number of nitro benzene ring substituents is 1. The summed E-state index contributed by atoms with van der Waals surface area (Å²) in [5.41, 5.74) is 0.969. The number of benzene rings is 1. The second-order valence-electron chi connectivity index (χ2n) is 4.25. The fourth-order valence-corrected chi connectivity index (χ4v) is 2.06. The van der Waals surface area contributed by atoms with E-state index < -0.39 is 4.92 Å². The third-order valence-electron chi connectivity index (χ3n) is 3.04. The first-order chi connectivity index (χ1) is 8.59. The second kappa shape index (κ2) is 5.14. The number of Topliss-reactive ketones (excluding diaryl/α,β-unsaturated/α-hetero) is 1. The summed E-state index contributed by atoms with van der Waals surface area (Å²) in [7, 11) is 0. The van der Waals surface area contributed by atoms with Gasteiger partial charge < -0.3 is 10.2 Å². The summed E-state index contributed by atoms with van der Waals surface area (Å²) in [6.45, 7) is 4.50. The van der Waals surface area contributed by atoms with Crippen molar-refractivity contribution in [1.82, 2.24) is 5.32 Å². The molecule has 0 atom stereocenters. The number of piperazine rings is 1. The number of hydrogen-bond donors (Lipinski definition) is 1. The highest BCUT2D eigenvalue weighted by atomic mass is 16.6. The van der Waals surface area contributed by atoms with Gasteiger partial charge in [0.2, 0.25) is 0 Å². The summed E-state index contributed by atoms with van der Waals surface area (Å²) >= 11 is 0. The van der Waals surface area contributed by atoms with Crippen LogP contribution in [0, 0.1) is 10.1 Å². The third kappa shape index (κ3) is 2.48. The fourth-order valence-electron chi connectivity index (χ4n) is 2.06. The molecule has 1 heterocycles. The predicted octanol–water partition coefficient (Wildman–Crippen LogP) is 1.21. The van der Waals surface area contributed by atoms with Crippen LogP contribution in [-0.4, -0.2) is 36.9 Å². The van der Waals surface area contributed by atoms with Crippen molar-refractivity contribution in [3.8, 4) is 0 Å². The average Bonchev–Trinajstić information content (AvgIpc) is 2.39. The maximum absolute atomic E-state index is 11.3.